The maximum absolute atomic E-state index is 12.1. The maximum atomic E-state index is 12.1. The van der Waals surface area contributed by atoms with Gasteiger partial charge in [-0.3, -0.25) is 14.9 Å². The summed E-state index contributed by atoms with van der Waals surface area (Å²) in [7, 11) is 2.71. The second-order valence-corrected chi connectivity index (χ2v) is 5.34. The summed E-state index contributed by atoms with van der Waals surface area (Å²) in [5.41, 5.74) is 1.19. The molecule has 0 aliphatic carbocycles. The van der Waals surface area contributed by atoms with Gasteiger partial charge in [0.25, 0.3) is 5.69 Å². The van der Waals surface area contributed by atoms with Crippen LogP contribution in [-0.2, 0) is 20.7 Å². The first-order valence-electron chi connectivity index (χ1n) is 7.81. The molecular weight excluding hydrogens is 354 g/mol. The zero-order chi connectivity index (χ0) is 19.8. The van der Waals surface area contributed by atoms with Crippen molar-refractivity contribution in [3.8, 4) is 11.5 Å². The molecule has 0 saturated carbocycles. The predicted octanol–water partition coefficient (Wildman–Crippen LogP) is 2.94. The topological polar surface area (TPSA) is 105 Å². The van der Waals surface area contributed by atoms with Crippen molar-refractivity contribution in [2.75, 3.05) is 14.2 Å². The Morgan fingerprint density at radius 1 is 1.07 bits per heavy atom. The van der Waals surface area contributed by atoms with Gasteiger partial charge in [0.15, 0.2) is 11.5 Å². The number of nitro benzene ring substituents is 1. The highest BCUT2D eigenvalue weighted by Crippen LogP contribution is 2.29. The van der Waals surface area contributed by atoms with Gasteiger partial charge in [0.05, 0.1) is 25.6 Å². The van der Waals surface area contributed by atoms with Gasteiger partial charge in [0.1, 0.15) is 0 Å². The van der Waals surface area contributed by atoms with Gasteiger partial charge >= 0.3 is 11.9 Å². The smallest absolute Gasteiger partial charge is 0.330 e. The van der Waals surface area contributed by atoms with Crippen LogP contribution >= 0.6 is 0 Å². The normalized spacial score (nSPS) is 10.4. The van der Waals surface area contributed by atoms with Gasteiger partial charge in [-0.2, -0.15) is 0 Å². The van der Waals surface area contributed by atoms with Crippen LogP contribution in [0.5, 0.6) is 11.5 Å². The van der Waals surface area contributed by atoms with E-state index in [0.29, 0.717) is 16.9 Å². The van der Waals surface area contributed by atoms with Crippen molar-refractivity contribution in [1.29, 1.82) is 0 Å². The fourth-order valence-electron chi connectivity index (χ4n) is 2.17. The third-order valence-electron chi connectivity index (χ3n) is 3.52. The Morgan fingerprint density at radius 3 is 2.37 bits per heavy atom. The van der Waals surface area contributed by atoms with E-state index in [4.69, 9.17) is 9.47 Å². The number of rotatable bonds is 7. The first kappa shape index (κ1) is 19.6. The molecule has 2 aromatic rings. The molecule has 0 unspecified atom stereocenters. The number of nitrogens with zero attached hydrogens (tertiary/aromatic N) is 1. The molecule has 2 aromatic carbocycles. The lowest BCUT2D eigenvalue weighted by atomic mass is 10.1. The molecule has 0 amide bonds. The van der Waals surface area contributed by atoms with Crippen molar-refractivity contribution in [3.63, 3.8) is 0 Å². The Morgan fingerprint density at radius 2 is 1.78 bits per heavy atom. The van der Waals surface area contributed by atoms with Crippen LogP contribution in [0.25, 0.3) is 6.08 Å². The lowest BCUT2D eigenvalue weighted by Gasteiger charge is -2.10. The number of esters is 2. The number of ether oxygens (including phenoxy) is 3. The average Bonchev–Trinajstić information content (AvgIpc) is 2.67. The SMILES string of the molecule is COC(=O)/C=C/c1ccc(OC(=O)Cc2ccc([N+](=O)[O-])cc2)c(OC)c1. The van der Waals surface area contributed by atoms with Crippen LogP contribution in [-0.4, -0.2) is 31.1 Å². The second-order valence-electron chi connectivity index (χ2n) is 5.34. The maximum Gasteiger partial charge on any atom is 0.330 e. The minimum absolute atomic E-state index is 0.0505. The molecule has 0 radical (unpaired) electrons. The molecule has 0 aliphatic rings. The summed E-state index contributed by atoms with van der Waals surface area (Å²) >= 11 is 0. The molecule has 0 N–H and O–H groups in total. The monoisotopic (exact) mass is 371 g/mol. The standard InChI is InChI=1S/C19H17NO7/c1-25-17-11-13(6-10-18(21)26-2)5-9-16(17)27-19(22)12-14-3-7-15(8-4-14)20(23)24/h3-11H,12H2,1-2H3/b10-6+. The number of benzene rings is 2. The van der Waals surface area contributed by atoms with Crippen LogP contribution in [0.15, 0.2) is 48.5 Å². The summed E-state index contributed by atoms with van der Waals surface area (Å²) in [4.78, 5) is 33.4. The fraction of sp³-hybridized carbons (Fsp3) is 0.158. The van der Waals surface area contributed by atoms with Crippen molar-refractivity contribution in [2.45, 2.75) is 6.42 Å². The summed E-state index contributed by atoms with van der Waals surface area (Å²) in [5.74, 6) is -0.494. The quantitative estimate of drug-likeness (QED) is 0.242. The highest BCUT2D eigenvalue weighted by molar-refractivity contribution is 5.87. The third-order valence-corrected chi connectivity index (χ3v) is 3.52. The first-order chi connectivity index (χ1) is 12.9. The molecule has 0 atom stereocenters. The van der Waals surface area contributed by atoms with Gasteiger partial charge in [0.2, 0.25) is 0 Å². The molecule has 0 fully saturated rings. The molecule has 0 saturated heterocycles. The summed E-state index contributed by atoms with van der Waals surface area (Å²) in [6.07, 6.45) is 2.75. The molecule has 0 aromatic heterocycles. The number of nitro groups is 1. The Bertz CT molecular complexity index is 872. The van der Waals surface area contributed by atoms with Gasteiger partial charge in [-0.1, -0.05) is 18.2 Å². The number of non-ortho nitro benzene ring substituents is 1. The van der Waals surface area contributed by atoms with Gasteiger partial charge in [-0.05, 0) is 29.3 Å². The molecule has 8 heteroatoms. The van der Waals surface area contributed by atoms with Crippen LogP contribution in [0, 0.1) is 10.1 Å². The highest BCUT2D eigenvalue weighted by atomic mass is 16.6. The molecule has 140 valence electrons. The van der Waals surface area contributed by atoms with E-state index in [1.165, 1.54) is 50.6 Å². The van der Waals surface area contributed by atoms with E-state index in [9.17, 15) is 19.7 Å². The van der Waals surface area contributed by atoms with Gasteiger partial charge in [-0.25, -0.2) is 4.79 Å². The van der Waals surface area contributed by atoms with E-state index in [1.54, 1.807) is 18.2 Å². The summed E-state index contributed by atoms with van der Waals surface area (Å²) in [6.45, 7) is 0. The van der Waals surface area contributed by atoms with Gasteiger partial charge in [-0.15, -0.1) is 0 Å². The molecule has 8 nitrogen and oxygen atoms in total. The Kier molecular flexibility index (Phi) is 6.65. The van der Waals surface area contributed by atoms with Crippen LogP contribution in [0.3, 0.4) is 0 Å². The number of hydrogen-bond acceptors (Lipinski definition) is 7. The Labute approximate surface area is 155 Å². The number of carbonyl (C=O) groups excluding carboxylic acids is 2. The van der Waals surface area contributed by atoms with Crippen LogP contribution < -0.4 is 9.47 Å². The van der Waals surface area contributed by atoms with E-state index in [-0.39, 0.29) is 17.9 Å². The Balaban J connectivity index is 2.07. The molecule has 2 rings (SSSR count). The molecule has 0 spiro atoms. The van der Waals surface area contributed by atoms with E-state index in [2.05, 4.69) is 4.74 Å². The minimum Gasteiger partial charge on any atom is -0.493 e. The van der Waals surface area contributed by atoms with Crippen molar-refractivity contribution in [3.05, 3.63) is 69.8 Å². The van der Waals surface area contributed by atoms with E-state index in [0.717, 1.165) is 0 Å². The molecule has 0 aliphatic heterocycles. The molecule has 27 heavy (non-hydrogen) atoms. The second kappa shape index (κ2) is 9.14. The fourth-order valence-corrected chi connectivity index (χ4v) is 2.17. The van der Waals surface area contributed by atoms with Crippen LogP contribution in [0.4, 0.5) is 5.69 Å². The lowest BCUT2D eigenvalue weighted by molar-refractivity contribution is -0.384. The zero-order valence-corrected chi connectivity index (χ0v) is 14.7. The van der Waals surface area contributed by atoms with Crippen molar-refractivity contribution < 1.29 is 28.7 Å². The lowest BCUT2D eigenvalue weighted by Crippen LogP contribution is -2.12. The number of carbonyl (C=O) groups is 2. The predicted molar refractivity (Wildman–Crippen MR) is 96.5 cm³/mol. The Hall–Kier alpha value is -3.68. The largest absolute Gasteiger partial charge is 0.493 e. The average molecular weight is 371 g/mol. The summed E-state index contributed by atoms with van der Waals surface area (Å²) in [5, 5.41) is 10.6. The summed E-state index contributed by atoms with van der Waals surface area (Å²) < 4.78 is 15.0. The first-order valence-corrected chi connectivity index (χ1v) is 7.81. The highest BCUT2D eigenvalue weighted by Gasteiger charge is 2.12. The molecule has 0 heterocycles. The molecular formula is C19H17NO7. The summed E-state index contributed by atoms with van der Waals surface area (Å²) in [6, 6.07) is 10.4. The van der Waals surface area contributed by atoms with Crippen LogP contribution in [0.2, 0.25) is 0 Å². The van der Waals surface area contributed by atoms with E-state index in [1.807, 2.05) is 0 Å². The number of hydrogen-bond donors (Lipinski definition) is 0. The zero-order valence-electron chi connectivity index (χ0n) is 14.7. The van der Waals surface area contributed by atoms with Gasteiger partial charge in [0, 0.05) is 18.2 Å². The van der Waals surface area contributed by atoms with Crippen molar-refractivity contribution >= 4 is 23.7 Å². The van der Waals surface area contributed by atoms with E-state index < -0.39 is 16.9 Å². The van der Waals surface area contributed by atoms with Gasteiger partial charge < -0.3 is 14.2 Å². The van der Waals surface area contributed by atoms with Crippen molar-refractivity contribution in [2.24, 2.45) is 0 Å². The minimum atomic E-state index is -0.542. The van der Waals surface area contributed by atoms with Crippen LogP contribution in [0.1, 0.15) is 11.1 Å². The van der Waals surface area contributed by atoms with E-state index >= 15 is 0 Å². The third kappa shape index (κ3) is 5.67. The van der Waals surface area contributed by atoms with Crippen molar-refractivity contribution in [1.82, 2.24) is 0 Å². The molecule has 0 bridgehead atoms. The number of methoxy groups -OCH3 is 2.